The third-order valence-electron chi connectivity index (χ3n) is 20.1. The summed E-state index contributed by atoms with van der Waals surface area (Å²) in [7, 11) is -9.17. The highest BCUT2D eigenvalue weighted by Gasteiger charge is 2.47. The van der Waals surface area contributed by atoms with Crippen LogP contribution in [-0.4, -0.2) is 189 Å². The van der Waals surface area contributed by atoms with Crippen LogP contribution in [0.15, 0.2) is 132 Å². The molecule has 11 N–H and O–H groups in total. The van der Waals surface area contributed by atoms with Gasteiger partial charge in [-0.3, -0.25) is 33.4 Å². The van der Waals surface area contributed by atoms with E-state index >= 15 is 0 Å². The van der Waals surface area contributed by atoms with Gasteiger partial charge in [-0.05, 0) is 226 Å². The SMILES string of the molecule is CC(C)(O)COc1cccc(NC(=O)c2ccc(Br)cc2N2CCC3(CC2)CC3)c1.CC(C)(O)COc1cccc(NC(=O)c2ccc(NS(=O)(=O)CCO)cc2N2CCC3(CC2)CC3)c1.COC(=O)CS(=O)(=O)Nc1ccc(C(=O)Nc2cccc(OCC(C)(C)O)c2)c(N2CCC3(CC2)CC3)c1.COC(=O)CS(N)(=O)=O. The number of aliphatic hydroxyl groups is 4. The minimum Gasteiger partial charge on any atom is -0.491 e. The van der Waals surface area contributed by atoms with Gasteiger partial charge in [-0.1, -0.05) is 34.1 Å². The molecule has 0 radical (unpaired) electrons. The molecule has 12 rings (SSSR count). The van der Waals surface area contributed by atoms with Crippen molar-refractivity contribution in [2.45, 2.75) is 135 Å². The molecule has 3 aliphatic carbocycles. The lowest BCUT2D eigenvalue weighted by atomic mass is 9.93. The molecule has 616 valence electrons. The lowest BCUT2D eigenvalue weighted by Gasteiger charge is -2.35. The number of carbonyl (C=O) groups excluding carboxylic acids is 5. The number of carbonyl (C=O) groups is 5. The van der Waals surface area contributed by atoms with Crippen LogP contribution in [0.5, 0.6) is 17.2 Å². The topological polar surface area (TPSA) is 411 Å². The number of aliphatic hydroxyl groups excluding tert-OH is 1. The molecular weight excluding hydrogens is 1580 g/mol. The maximum Gasteiger partial charge on any atom is 0.322 e. The van der Waals surface area contributed by atoms with Crippen molar-refractivity contribution in [3.8, 4) is 17.2 Å². The van der Waals surface area contributed by atoms with Gasteiger partial charge >= 0.3 is 11.9 Å². The van der Waals surface area contributed by atoms with E-state index < -0.39 is 82.7 Å². The molecule has 3 heterocycles. The number of nitrogens with two attached hydrogens (primary N) is 1. The first-order valence-corrected chi connectivity index (χ1v) is 43.2. The predicted octanol–water partition coefficient (Wildman–Crippen LogP) is 10.3. The third kappa shape index (κ3) is 28.3. The van der Waals surface area contributed by atoms with Crippen molar-refractivity contribution in [2.24, 2.45) is 21.4 Å². The Hall–Kier alpha value is -8.80. The summed E-state index contributed by atoms with van der Waals surface area (Å²) in [5.41, 5.74) is 4.67. The number of halogens is 1. The van der Waals surface area contributed by atoms with Crippen molar-refractivity contribution in [3.63, 3.8) is 0 Å². The number of anilines is 8. The van der Waals surface area contributed by atoms with E-state index in [2.05, 4.69) is 70.6 Å². The number of nitrogens with one attached hydrogen (secondary N) is 5. The number of benzene rings is 6. The second-order valence-electron chi connectivity index (χ2n) is 31.8. The zero-order valence-corrected chi connectivity index (χ0v) is 69.2. The summed E-state index contributed by atoms with van der Waals surface area (Å²) in [6.07, 6.45) is 14.2. The Morgan fingerprint density at radius 1 is 0.434 bits per heavy atom. The number of hydrogen-bond donors (Lipinski definition) is 10. The maximum atomic E-state index is 13.4. The van der Waals surface area contributed by atoms with Crippen molar-refractivity contribution < 1.29 is 93.3 Å². The van der Waals surface area contributed by atoms with Crippen LogP contribution in [0, 0.1) is 16.2 Å². The first kappa shape index (κ1) is 88.2. The summed E-state index contributed by atoms with van der Waals surface area (Å²) in [5, 5.41) is 52.0. The van der Waals surface area contributed by atoms with Crippen LogP contribution in [0.4, 0.5) is 45.5 Å². The second kappa shape index (κ2) is 37.2. The van der Waals surface area contributed by atoms with E-state index in [0.717, 1.165) is 89.3 Å². The fraction of sp³-hybridized carbons (Fsp3) is 0.487. The summed E-state index contributed by atoms with van der Waals surface area (Å²) in [6, 6.07) is 36.5. The van der Waals surface area contributed by atoms with Gasteiger partial charge in [0.05, 0.1) is 88.5 Å². The third-order valence-corrected chi connectivity index (χ3v) is 23.7. The quantitative estimate of drug-likeness (QED) is 0.0204. The van der Waals surface area contributed by atoms with E-state index in [1.165, 1.54) is 57.4 Å². The largest absolute Gasteiger partial charge is 0.491 e. The summed E-state index contributed by atoms with van der Waals surface area (Å²) in [4.78, 5) is 68.1. The molecule has 6 aliphatic rings. The molecule has 0 unspecified atom stereocenters. The van der Waals surface area contributed by atoms with Gasteiger partial charge in [0.25, 0.3) is 17.7 Å². The fourth-order valence-electron chi connectivity index (χ4n) is 13.1. The van der Waals surface area contributed by atoms with Crippen molar-refractivity contribution in [1.29, 1.82) is 0 Å². The number of methoxy groups -OCH3 is 2. The number of nitrogens with zero attached hydrogens (tertiary/aromatic N) is 3. The molecule has 6 fully saturated rings. The molecule has 3 aliphatic heterocycles. The van der Waals surface area contributed by atoms with Crippen molar-refractivity contribution in [2.75, 3.05) is 137 Å². The Morgan fingerprint density at radius 2 is 0.743 bits per heavy atom. The molecule has 3 spiro atoms. The van der Waals surface area contributed by atoms with E-state index in [1.807, 2.05) is 36.4 Å². The molecule has 29 nitrogen and oxygen atoms in total. The molecule has 3 saturated carbocycles. The van der Waals surface area contributed by atoms with Crippen molar-refractivity contribution in [3.05, 3.63) is 149 Å². The fourth-order valence-corrected chi connectivity index (χ4v) is 15.7. The van der Waals surface area contributed by atoms with Gasteiger partial charge in [0.15, 0.2) is 11.5 Å². The number of rotatable bonds is 28. The number of ether oxygens (including phenoxy) is 5. The normalized spacial score (nSPS) is 16.6. The van der Waals surface area contributed by atoms with Gasteiger partial charge in [-0.2, -0.15) is 0 Å². The Bertz CT molecular complexity index is 4700. The van der Waals surface area contributed by atoms with Crippen molar-refractivity contribution >= 4 is 121 Å². The average Bonchev–Trinajstić information content (AvgIpc) is 1.66. The van der Waals surface area contributed by atoms with E-state index in [1.54, 1.807) is 126 Å². The number of esters is 2. The maximum absolute atomic E-state index is 13.4. The number of amides is 3. The summed E-state index contributed by atoms with van der Waals surface area (Å²) < 4.78 is 101. The first-order chi connectivity index (χ1) is 53.0. The number of primary sulfonamides is 1. The van der Waals surface area contributed by atoms with Gasteiger partial charge in [0, 0.05) is 79.0 Å². The highest BCUT2D eigenvalue weighted by Crippen LogP contribution is 2.56. The lowest BCUT2D eigenvalue weighted by Crippen LogP contribution is -2.35. The Labute approximate surface area is 670 Å². The minimum absolute atomic E-state index is 0.0956. The standard InChI is InChI=1S/C27H35N3O7S.C26H35N3O6S.C24H29BrN2O3.C3H7NO4S/c1-26(2,33)18-37-21-6-4-5-19(15-21)28-25(32)22-8-7-20(29-38(34,35)17-24(31)36-3)16-23(22)30-13-11-27(9-10-27)12-14-30;1-25(2,32)18-35-21-5-3-4-19(16-21)27-24(31)22-7-6-20(28-36(33,34)15-14-30)17-23(22)29-12-10-26(8-9-26)11-13-29;1-23(2,29)16-30-19-5-3-4-18(15-19)26-22(28)20-7-6-17(25)14-21(20)27-12-10-24(8-9-24)11-13-27;1-8-3(5)2-9(4,6)7/h4-8,15-16,29,33H,9-14,17-18H2,1-3H3,(H,28,32);3-7,16-17,28,30,32H,8-15,18H2,1-2H3,(H,27,31);3-7,14-15,29H,8-13,16H2,1-2H3,(H,26,28);2H2,1H3,(H2,4,6,7). The zero-order valence-electron chi connectivity index (χ0n) is 65.1. The highest BCUT2D eigenvalue weighted by molar-refractivity contribution is 9.10. The summed E-state index contributed by atoms with van der Waals surface area (Å²) in [6.45, 7) is 15.0. The van der Waals surface area contributed by atoms with Crippen LogP contribution >= 0.6 is 15.9 Å². The Balaban J connectivity index is 0.000000185. The number of hydrogen-bond acceptors (Lipinski definition) is 23. The van der Waals surface area contributed by atoms with Crippen LogP contribution < -0.4 is 59.4 Å². The van der Waals surface area contributed by atoms with Gasteiger partial charge in [-0.15, -0.1) is 0 Å². The zero-order chi connectivity index (χ0) is 82.4. The highest BCUT2D eigenvalue weighted by atomic mass is 79.9. The summed E-state index contributed by atoms with van der Waals surface area (Å²) in [5.74, 6) is -2.85. The first-order valence-electron chi connectivity index (χ1n) is 37.4. The van der Waals surface area contributed by atoms with Crippen molar-refractivity contribution in [1.82, 2.24) is 0 Å². The van der Waals surface area contributed by atoms with Gasteiger partial charge < -0.3 is 74.8 Å². The molecule has 113 heavy (non-hydrogen) atoms. The second-order valence-corrected chi connectivity index (χ2v) is 37.9. The number of sulfonamides is 3. The van der Waals surface area contributed by atoms with Gasteiger partial charge in [-0.25, -0.2) is 30.4 Å². The van der Waals surface area contributed by atoms with Crippen LogP contribution in [0.25, 0.3) is 0 Å². The number of piperidine rings is 3. The van der Waals surface area contributed by atoms with E-state index in [4.69, 9.17) is 19.3 Å². The van der Waals surface area contributed by atoms with E-state index in [-0.39, 0.29) is 43.2 Å². The van der Waals surface area contributed by atoms with E-state index in [0.29, 0.717) is 84.3 Å². The van der Waals surface area contributed by atoms with Crippen LogP contribution in [0.2, 0.25) is 0 Å². The molecule has 3 saturated heterocycles. The Morgan fingerprint density at radius 3 is 1.04 bits per heavy atom. The Kier molecular flexibility index (Phi) is 29.0. The molecule has 33 heteroatoms. The molecule has 0 aromatic heterocycles. The molecule has 0 bridgehead atoms. The van der Waals surface area contributed by atoms with Gasteiger partial charge in [0.1, 0.15) is 37.1 Å². The molecule has 6 aromatic rings. The van der Waals surface area contributed by atoms with Gasteiger partial charge in [0.2, 0.25) is 30.1 Å². The van der Waals surface area contributed by atoms with E-state index in [9.17, 15) is 64.5 Å². The smallest absolute Gasteiger partial charge is 0.322 e. The average molecular weight is 1690 g/mol. The lowest BCUT2D eigenvalue weighted by molar-refractivity contribution is -0.138. The summed E-state index contributed by atoms with van der Waals surface area (Å²) >= 11 is 3.56. The monoisotopic (exact) mass is 1690 g/mol. The van der Waals surface area contributed by atoms with Crippen LogP contribution in [-0.2, 0) is 49.1 Å². The molecule has 6 aromatic carbocycles. The molecule has 0 atom stereocenters. The molecule has 3 amide bonds. The predicted molar refractivity (Wildman–Crippen MR) is 439 cm³/mol. The van der Waals surface area contributed by atoms with Crippen LogP contribution in [0.1, 0.15) is 150 Å². The molecular formula is C80H106BrN9O20S3. The minimum atomic E-state index is -3.98. The van der Waals surface area contributed by atoms with Crippen LogP contribution in [0.3, 0.4) is 0 Å².